The van der Waals surface area contributed by atoms with Gasteiger partial charge in [-0.1, -0.05) is 6.92 Å². The monoisotopic (exact) mass is 383 g/mol. The van der Waals surface area contributed by atoms with Crippen molar-refractivity contribution in [1.29, 1.82) is 5.41 Å². The van der Waals surface area contributed by atoms with Crippen LogP contribution in [0, 0.1) is 23.2 Å². The van der Waals surface area contributed by atoms with Crippen LogP contribution in [0.25, 0.3) is 0 Å². The Kier molecular flexibility index (Phi) is 5.72. The summed E-state index contributed by atoms with van der Waals surface area (Å²) in [6.45, 7) is 5.35. The Bertz CT molecular complexity index is 817. The SMILES string of the molecule is CC(=O)[C@@H]1CN(C(=O)c2ccc(C(=O)N3CC[C@H](C(=O)C=N)C3)cc2)C[C@H]1C. The molecule has 2 fully saturated rings. The fraction of sp³-hybridized carbons (Fsp3) is 0.476. The Labute approximate surface area is 164 Å². The maximum absolute atomic E-state index is 12.7. The molecule has 2 aliphatic heterocycles. The van der Waals surface area contributed by atoms with E-state index in [-0.39, 0.29) is 41.1 Å². The van der Waals surface area contributed by atoms with E-state index in [1.165, 1.54) is 0 Å². The van der Waals surface area contributed by atoms with Gasteiger partial charge < -0.3 is 15.2 Å². The van der Waals surface area contributed by atoms with E-state index in [1.807, 2.05) is 6.92 Å². The largest absolute Gasteiger partial charge is 0.338 e. The summed E-state index contributed by atoms with van der Waals surface area (Å²) in [5.74, 6) is -0.716. The molecule has 7 nitrogen and oxygen atoms in total. The fourth-order valence-electron chi connectivity index (χ4n) is 4.08. The summed E-state index contributed by atoms with van der Waals surface area (Å²) in [6, 6.07) is 6.53. The number of nitrogens with one attached hydrogen (secondary N) is 1. The summed E-state index contributed by atoms with van der Waals surface area (Å²) in [5.41, 5.74) is 0.960. The Morgan fingerprint density at radius 3 is 2.04 bits per heavy atom. The van der Waals surface area contributed by atoms with Gasteiger partial charge in [-0.3, -0.25) is 19.2 Å². The molecule has 148 valence electrons. The topological polar surface area (TPSA) is 98.6 Å². The Hall–Kier alpha value is -2.83. The van der Waals surface area contributed by atoms with Crippen molar-refractivity contribution in [3.63, 3.8) is 0 Å². The Balaban J connectivity index is 1.64. The average molecular weight is 383 g/mol. The van der Waals surface area contributed by atoms with Crippen LogP contribution >= 0.6 is 0 Å². The highest BCUT2D eigenvalue weighted by Crippen LogP contribution is 2.25. The van der Waals surface area contributed by atoms with E-state index in [1.54, 1.807) is 41.0 Å². The molecule has 1 aromatic rings. The van der Waals surface area contributed by atoms with Crippen molar-refractivity contribution in [2.24, 2.45) is 17.8 Å². The highest BCUT2D eigenvalue weighted by atomic mass is 16.2. The van der Waals surface area contributed by atoms with Crippen LogP contribution < -0.4 is 0 Å². The average Bonchev–Trinajstić information content (AvgIpc) is 3.33. The first-order valence-electron chi connectivity index (χ1n) is 9.55. The van der Waals surface area contributed by atoms with Gasteiger partial charge in [0, 0.05) is 49.1 Å². The van der Waals surface area contributed by atoms with Gasteiger partial charge in [0.05, 0.1) is 6.21 Å². The Morgan fingerprint density at radius 2 is 1.54 bits per heavy atom. The van der Waals surface area contributed by atoms with Crippen LogP contribution in [0.2, 0.25) is 0 Å². The zero-order chi connectivity index (χ0) is 20.4. The number of amides is 2. The number of ketones is 2. The molecule has 2 saturated heterocycles. The molecule has 0 spiro atoms. The lowest BCUT2D eigenvalue weighted by atomic mass is 9.95. The number of rotatable bonds is 5. The molecule has 0 unspecified atom stereocenters. The van der Waals surface area contributed by atoms with Gasteiger partial charge in [-0.25, -0.2) is 0 Å². The molecule has 1 aromatic carbocycles. The van der Waals surface area contributed by atoms with Crippen LogP contribution in [0.1, 0.15) is 41.0 Å². The maximum atomic E-state index is 12.7. The van der Waals surface area contributed by atoms with Crippen molar-refractivity contribution in [2.45, 2.75) is 20.3 Å². The second kappa shape index (κ2) is 8.04. The minimum atomic E-state index is -0.298. The second-order valence-corrected chi connectivity index (χ2v) is 7.77. The van der Waals surface area contributed by atoms with Gasteiger partial charge in [-0.15, -0.1) is 0 Å². The van der Waals surface area contributed by atoms with Gasteiger partial charge in [0.1, 0.15) is 5.78 Å². The van der Waals surface area contributed by atoms with E-state index in [2.05, 4.69) is 0 Å². The van der Waals surface area contributed by atoms with Crippen molar-refractivity contribution in [3.05, 3.63) is 35.4 Å². The van der Waals surface area contributed by atoms with Crippen molar-refractivity contribution < 1.29 is 19.2 Å². The summed E-state index contributed by atoms with van der Waals surface area (Å²) in [6.07, 6.45) is 1.38. The zero-order valence-corrected chi connectivity index (χ0v) is 16.2. The summed E-state index contributed by atoms with van der Waals surface area (Å²) >= 11 is 0. The molecule has 0 aliphatic carbocycles. The lowest BCUT2D eigenvalue weighted by molar-refractivity contribution is -0.121. The summed E-state index contributed by atoms with van der Waals surface area (Å²) in [7, 11) is 0. The van der Waals surface area contributed by atoms with E-state index < -0.39 is 0 Å². The van der Waals surface area contributed by atoms with Gasteiger partial charge in [0.2, 0.25) is 0 Å². The summed E-state index contributed by atoms with van der Waals surface area (Å²) in [5, 5.41) is 7.06. The third-order valence-corrected chi connectivity index (χ3v) is 5.82. The third kappa shape index (κ3) is 3.88. The number of hydrogen-bond donors (Lipinski definition) is 1. The molecular formula is C21H25N3O4. The number of carbonyl (C=O) groups excluding carboxylic acids is 4. The van der Waals surface area contributed by atoms with Crippen LogP contribution in [0.4, 0.5) is 0 Å². The van der Waals surface area contributed by atoms with Crippen LogP contribution in [-0.2, 0) is 9.59 Å². The number of nitrogens with zero attached hydrogens (tertiary/aromatic N) is 2. The molecular weight excluding hydrogens is 358 g/mol. The van der Waals surface area contributed by atoms with Crippen molar-refractivity contribution in [2.75, 3.05) is 26.2 Å². The molecule has 0 aromatic heterocycles. The number of benzene rings is 1. The highest BCUT2D eigenvalue weighted by Gasteiger charge is 2.35. The fourth-order valence-corrected chi connectivity index (χ4v) is 4.08. The van der Waals surface area contributed by atoms with Crippen molar-refractivity contribution in [1.82, 2.24) is 9.80 Å². The molecule has 7 heteroatoms. The molecule has 3 rings (SSSR count). The molecule has 0 radical (unpaired) electrons. The van der Waals surface area contributed by atoms with Crippen LogP contribution in [0.3, 0.4) is 0 Å². The molecule has 28 heavy (non-hydrogen) atoms. The molecule has 0 saturated carbocycles. The number of Topliss-reactive ketones (excluding diaryl/α,β-unsaturated/α-hetero) is 2. The van der Waals surface area contributed by atoms with Crippen molar-refractivity contribution >= 4 is 29.6 Å². The predicted molar refractivity (Wildman–Crippen MR) is 103 cm³/mol. The maximum Gasteiger partial charge on any atom is 0.253 e. The Morgan fingerprint density at radius 1 is 0.964 bits per heavy atom. The van der Waals surface area contributed by atoms with E-state index in [0.717, 1.165) is 6.21 Å². The number of carbonyl (C=O) groups is 4. The molecule has 0 bridgehead atoms. The molecule has 1 N–H and O–H groups in total. The second-order valence-electron chi connectivity index (χ2n) is 7.77. The third-order valence-electron chi connectivity index (χ3n) is 5.82. The summed E-state index contributed by atoms with van der Waals surface area (Å²) < 4.78 is 0. The lowest BCUT2D eigenvalue weighted by Crippen LogP contribution is -2.31. The first-order valence-corrected chi connectivity index (χ1v) is 9.55. The van der Waals surface area contributed by atoms with E-state index >= 15 is 0 Å². The smallest absolute Gasteiger partial charge is 0.253 e. The molecule has 3 atom stereocenters. The predicted octanol–water partition coefficient (Wildman–Crippen LogP) is 1.66. The van der Waals surface area contributed by atoms with Crippen LogP contribution in [-0.4, -0.2) is 65.6 Å². The normalized spacial score (nSPS) is 24.3. The van der Waals surface area contributed by atoms with Gasteiger partial charge >= 0.3 is 0 Å². The van der Waals surface area contributed by atoms with Gasteiger partial charge in [-0.2, -0.15) is 0 Å². The van der Waals surface area contributed by atoms with Crippen molar-refractivity contribution in [3.8, 4) is 0 Å². The number of hydrogen-bond acceptors (Lipinski definition) is 5. The lowest BCUT2D eigenvalue weighted by Gasteiger charge is -2.18. The van der Waals surface area contributed by atoms with Gasteiger partial charge in [-0.05, 0) is 43.5 Å². The van der Waals surface area contributed by atoms with E-state index in [9.17, 15) is 19.2 Å². The minimum Gasteiger partial charge on any atom is -0.338 e. The van der Waals surface area contributed by atoms with Gasteiger partial charge in [0.25, 0.3) is 11.8 Å². The standard InChI is InChI=1S/C21H25N3O4/c1-13-10-24(12-18(13)14(2)25)21(28)16-5-3-15(4-6-16)20(27)23-8-7-17(11-23)19(26)9-22/h3-6,9,13,17-18,22H,7-8,10-12H2,1-2H3/t13-,17+,18-/m1/s1. The van der Waals surface area contributed by atoms with Gasteiger partial charge in [0.15, 0.2) is 5.78 Å². The molecule has 2 aliphatic rings. The van der Waals surface area contributed by atoms with E-state index in [0.29, 0.717) is 43.7 Å². The quantitative estimate of drug-likeness (QED) is 0.782. The first kappa shape index (κ1) is 19.9. The van der Waals surface area contributed by atoms with E-state index in [4.69, 9.17) is 5.41 Å². The van der Waals surface area contributed by atoms with Crippen LogP contribution in [0.5, 0.6) is 0 Å². The molecule has 2 amide bonds. The summed E-state index contributed by atoms with van der Waals surface area (Å²) in [4.78, 5) is 51.9. The van der Waals surface area contributed by atoms with Crippen LogP contribution in [0.15, 0.2) is 24.3 Å². The molecule has 2 heterocycles. The highest BCUT2D eigenvalue weighted by molar-refractivity contribution is 6.27. The number of likely N-dealkylation sites (tertiary alicyclic amines) is 2. The first-order chi connectivity index (χ1) is 13.3. The zero-order valence-electron chi connectivity index (χ0n) is 16.2. The minimum absolute atomic E-state index is 0.106.